The van der Waals surface area contributed by atoms with Crippen LogP contribution in [-0.2, 0) is 4.79 Å². The molecule has 0 amide bonds. The van der Waals surface area contributed by atoms with E-state index >= 15 is 0 Å². The highest BCUT2D eigenvalue weighted by Gasteiger charge is 2.52. The number of carbonyl (C=O) groups excluding carboxylic acids is 1. The molecular weight excluding hydrogens is 239 g/mol. The molecule has 0 saturated carbocycles. The standard InChI is InChI=1S/C4H2BrF5O/c5-4(9,10)2(11)3(7,8)1-6/h1H2. The average Bonchev–Trinajstić information content (AvgIpc) is 1.84. The Morgan fingerprint density at radius 1 is 1.27 bits per heavy atom. The Morgan fingerprint density at radius 2 is 1.64 bits per heavy atom. The van der Waals surface area contributed by atoms with E-state index in [1.54, 1.807) is 0 Å². The second-order valence-electron chi connectivity index (χ2n) is 1.66. The third-order valence-corrected chi connectivity index (χ3v) is 1.12. The Morgan fingerprint density at radius 3 is 1.73 bits per heavy atom. The minimum atomic E-state index is -4.62. The maximum absolute atomic E-state index is 11.8. The van der Waals surface area contributed by atoms with Crippen molar-refractivity contribution >= 4 is 21.7 Å². The normalized spacial score (nSPS) is 13.3. The van der Waals surface area contributed by atoms with Crippen LogP contribution in [0.15, 0.2) is 0 Å². The fourth-order valence-electron chi connectivity index (χ4n) is 0.268. The third kappa shape index (κ3) is 2.72. The van der Waals surface area contributed by atoms with Gasteiger partial charge < -0.3 is 0 Å². The minimum Gasteiger partial charge on any atom is -0.285 e. The van der Waals surface area contributed by atoms with Gasteiger partial charge in [-0.1, -0.05) is 0 Å². The molecule has 0 radical (unpaired) electrons. The molecule has 0 spiro atoms. The number of Topliss-reactive ketones (excluding diaryl/α,β-unsaturated/α-hetero) is 1. The summed E-state index contributed by atoms with van der Waals surface area (Å²) >= 11 is 1.39. The highest BCUT2D eigenvalue weighted by atomic mass is 79.9. The molecule has 11 heavy (non-hydrogen) atoms. The summed E-state index contributed by atoms with van der Waals surface area (Å²) in [5.74, 6) is -7.39. The van der Waals surface area contributed by atoms with Crippen molar-refractivity contribution in [1.82, 2.24) is 0 Å². The van der Waals surface area contributed by atoms with Gasteiger partial charge in [0.2, 0.25) is 0 Å². The van der Waals surface area contributed by atoms with Crippen LogP contribution in [0, 0.1) is 0 Å². The van der Waals surface area contributed by atoms with Gasteiger partial charge in [0.15, 0.2) is 6.67 Å². The lowest BCUT2D eigenvalue weighted by Gasteiger charge is -2.13. The van der Waals surface area contributed by atoms with Crippen molar-refractivity contribution < 1.29 is 26.7 Å². The molecule has 66 valence electrons. The van der Waals surface area contributed by atoms with Crippen molar-refractivity contribution in [2.45, 2.75) is 10.8 Å². The number of halogens is 6. The highest BCUT2D eigenvalue weighted by molar-refractivity contribution is 9.10. The fraction of sp³-hybridized carbons (Fsp3) is 0.750. The maximum Gasteiger partial charge on any atom is 0.364 e. The molecule has 1 nitrogen and oxygen atoms in total. The van der Waals surface area contributed by atoms with Crippen molar-refractivity contribution in [3.8, 4) is 0 Å². The first-order valence-electron chi connectivity index (χ1n) is 2.27. The van der Waals surface area contributed by atoms with Gasteiger partial charge >= 0.3 is 10.8 Å². The largest absolute Gasteiger partial charge is 0.364 e. The lowest BCUT2D eigenvalue weighted by atomic mass is 10.2. The van der Waals surface area contributed by atoms with Gasteiger partial charge in [-0.2, -0.15) is 17.6 Å². The first-order chi connectivity index (χ1) is 4.72. The van der Waals surface area contributed by atoms with Crippen molar-refractivity contribution in [2.24, 2.45) is 0 Å². The van der Waals surface area contributed by atoms with Gasteiger partial charge in [0.1, 0.15) is 0 Å². The van der Waals surface area contributed by atoms with E-state index in [9.17, 15) is 26.7 Å². The topological polar surface area (TPSA) is 17.1 Å². The molecule has 0 fully saturated rings. The average molecular weight is 241 g/mol. The van der Waals surface area contributed by atoms with Crippen LogP contribution >= 0.6 is 15.9 Å². The van der Waals surface area contributed by atoms with E-state index in [-0.39, 0.29) is 0 Å². The van der Waals surface area contributed by atoms with Crippen LogP contribution in [0.4, 0.5) is 22.0 Å². The molecule has 0 aromatic heterocycles. The lowest BCUT2D eigenvalue weighted by Crippen LogP contribution is -2.40. The molecule has 0 aromatic rings. The molecule has 0 aliphatic heterocycles. The van der Waals surface area contributed by atoms with Crippen molar-refractivity contribution in [3.63, 3.8) is 0 Å². The molecule has 0 saturated heterocycles. The van der Waals surface area contributed by atoms with Gasteiger partial charge in [-0.05, 0) is 15.9 Å². The SMILES string of the molecule is O=C(C(F)(F)Br)C(F)(F)CF. The van der Waals surface area contributed by atoms with Crippen LogP contribution in [-0.4, -0.2) is 23.2 Å². The van der Waals surface area contributed by atoms with Crippen molar-refractivity contribution in [3.05, 3.63) is 0 Å². The molecule has 0 aliphatic carbocycles. The van der Waals surface area contributed by atoms with Gasteiger partial charge in [-0.3, -0.25) is 4.79 Å². The summed E-state index contributed by atoms with van der Waals surface area (Å²) in [7, 11) is 0. The van der Waals surface area contributed by atoms with Crippen LogP contribution in [0.3, 0.4) is 0 Å². The van der Waals surface area contributed by atoms with E-state index in [0.717, 1.165) is 0 Å². The van der Waals surface area contributed by atoms with E-state index in [2.05, 4.69) is 0 Å². The van der Waals surface area contributed by atoms with E-state index < -0.39 is 23.2 Å². The molecule has 0 unspecified atom stereocenters. The predicted octanol–water partition coefficient (Wildman–Crippen LogP) is 2.15. The molecule has 0 rings (SSSR count). The number of hydrogen-bond acceptors (Lipinski definition) is 1. The van der Waals surface area contributed by atoms with Crippen molar-refractivity contribution in [1.29, 1.82) is 0 Å². The summed E-state index contributed by atoms with van der Waals surface area (Å²) in [5.41, 5.74) is 0. The van der Waals surface area contributed by atoms with Gasteiger partial charge in [0, 0.05) is 0 Å². The first-order valence-corrected chi connectivity index (χ1v) is 3.06. The molecule has 0 bridgehead atoms. The first kappa shape index (κ1) is 10.8. The Hall–Kier alpha value is -0.200. The number of carbonyl (C=O) groups is 1. The zero-order chi connectivity index (χ0) is 9.28. The second-order valence-corrected chi connectivity index (χ2v) is 2.66. The van der Waals surface area contributed by atoms with E-state index in [1.807, 2.05) is 0 Å². The lowest BCUT2D eigenvalue weighted by molar-refractivity contribution is -0.159. The Balaban J connectivity index is 4.50. The fourth-order valence-corrected chi connectivity index (χ4v) is 0.558. The predicted molar refractivity (Wildman–Crippen MR) is 29.8 cm³/mol. The van der Waals surface area contributed by atoms with E-state index in [1.165, 1.54) is 15.9 Å². The molecule has 7 heteroatoms. The molecular formula is C4H2BrF5O. The summed E-state index contributed by atoms with van der Waals surface area (Å²) in [6.45, 7) is -2.42. The third-order valence-electron chi connectivity index (χ3n) is 0.757. The highest BCUT2D eigenvalue weighted by Crippen LogP contribution is 2.31. The Bertz CT molecular complexity index is 162. The number of rotatable bonds is 3. The number of alkyl halides is 6. The van der Waals surface area contributed by atoms with Crippen LogP contribution < -0.4 is 0 Å². The van der Waals surface area contributed by atoms with Gasteiger partial charge in [0.05, 0.1) is 0 Å². The molecule has 0 N–H and O–H groups in total. The summed E-state index contributed by atoms with van der Waals surface area (Å²) in [6.07, 6.45) is 0. The Labute approximate surface area is 66.7 Å². The summed E-state index contributed by atoms with van der Waals surface area (Å²) in [4.78, 5) is 5.56. The number of ketones is 1. The zero-order valence-electron chi connectivity index (χ0n) is 4.88. The second kappa shape index (κ2) is 3.04. The van der Waals surface area contributed by atoms with Crippen LogP contribution in [0.5, 0.6) is 0 Å². The van der Waals surface area contributed by atoms with Crippen LogP contribution in [0.25, 0.3) is 0 Å². The minimum absolute atomic E-state index is 1.39. The van der Waals surface area contributed by atoms with E-state index in [4.69, 9.17) is 0 Å². The summed E-state index contributed by atoms with van der Waals surface area (Å²) in [6, 6.07) is 0. The summed E-state index contributed by atoms with van der Waals surface area (Å²) < 4.78 is 58.3. The van der Waals surface area contributed by atoms with Crippen LogP contribution in [0.2, 0.25) is 0 Å². The van der Waals surface area contributed by atoms with Gasteiger partial charge in [-0.25, -0.2) is 4.39 Å². The molecule has 0 aliphatic rings. The smallest absolute Gasteiger partial charge is 0.285 e. The van der Waals surface area contributed by atoms with Gasteiger partial charge in [0.25, 0.3) is 5.78 Å². The van der Waals surface area contributed by atoms with E-state index in [0.29, 0.717) is 0 Å². The van der Waals surface area contributed by atoms with Gasteiger partial charge in [-0.15, -0.1) is 0 Å². The quantitative estimate of drug-likeness (QED) is 0.546. The molecule has 0 heterocycles. The molecule has 0 aromatic carbocycles. The zero-order valence-corrected chi connectivity index (χ0v) is 6.47. The van der Waals surface area contributed by atoms with Crippen molar-refractivity contribution in [2.75, 3.05) is 6.67 Å². The Kier molecular flexibility index (Phi) is 2.98. The molecule has 0 atom stereocenters. The van der Waals surface area contributed by atoms with Crippen LogP contribution in [0.1, 0.15) is 0 Å². The summed E-state index contributed by atoms with van der Waals surface area (Å²) in [5, 5.41) is 0. The number of hydrogen-bond donors (Lipinski definition) is 0. The maximum atomic E-state index is 11.8. The monoisotopic (exact) mass is 240 g/mol.